The predicted octanol–water partition coefficient (Wildman–Crippen LogP) is 3.38. The lowest BCUT2D eigenvalue weighted by molar-refractivity contribution is -0.125. The highest BCUT2D eigenvalue weighted by Crippen LogP contribution is 2.23. The number of rotatable bonds is 5. The van der Waals surface area contributed by atoms with Crippen LogP contribution in [-0.2, 0) is 11.3 Å². The van der Waals surface area contributed by atoms with Gasteiger partial charge in [0.15, 0.2) is 5.82 Å². The van der Waals surface area contributed by atoms with Crippen molar-refractivity contribution in [2.45, 2.75) is 26.3 Å². The number of aryl methyl sites for hydroxylation is 1. The number of amides is 1. The Bertz CT molecular complexity index is 941. The normalized spacial score (nSPS) is 16.4. The smallest absolute Gasteiger partial charge is 0.225 e. The van der Waals surface area contributed by atoms with E-state index in [1.807, 2.05) is 24.3 Å². The Morgan fingerprint density at radius 2 is 2.00 bits per heavy atom. The van der Waals surface area contributed by atoms with E-state index in [0.29, 0.717) is 13.1 Å². The van der Waals surface area contributed by atoms with E-state index in [1.54, 1.807) is 12.4 Å². The number of aromatic nitrogens is 3. The van der Waals surface area contributed by atoms with Gasteiger partial charge in [-0.15, -0.1) is 10.2 Å². The summed E-state index contributed by atoms with van der Waals surface area (Å²) in [6, 6.07) is 16.0. The minimum atomic E-state index is -0.0333. The van der Waals surface area contributed by atoms with Gasteiger partial charge in [-0.2, -0.15) is 0 Å². The van der Waals surface area contributed by atoms with Gasteiger partial charge in [0.05, 0.1) is 11.6 Å². The van der Waals surface area contributed by atoms with Crippen molar-refractivity contribution in [3.8, 4) is 11.3 Å². The summed E-state index contributed by atoms with van der Waals surface area (Å²) in [6.45, 7) is 4.18. The highest BCUT2D eigenvalue weighted by atomic mass is 16.1. The van der Waals surface area contributed by atoms with Crippen LogP contribution in [-0.4, -0.2) is 34.2 Å². The van der Waals surface area contributed by atoms with E-state index < -0.39 is 0 Å². The number of hydrogen-bond donors (Lipinski definition) is 1. The van der Waals surface area contributed by atoms with Crippen molar-refractivity contribution < 1.29 is 4.79 Å². The molecule has 0 aliphatic carbocycles. The molecule has 3 aromatic rings. The van der Waals surface area contributed by atoms with Crippen molar-refractivity contribution in [1.29, 1.82) is 0 Å². The van der Waals surface area contributed by atoms with Crippen molar-refractivity contribution in [1.82, 2.24) is 20.5 Å². The van der Waals surface area contributed by atoms with Crippen LogP contribution in [0.4, 0.5) is 5.82 Å². The molecule has 1 fully saturated rings. The third-order valence-corrected chi connectivity index (χ3v) is 5.31. The molecule has 6 nitrogen and oxygen atoms in total. The molecule has 1 amide bonds. The second kappa shape index (κ2) is 8.82. The molecule has 0 spiro atoms. The maximum absolute atomic E-state index is 12.7. The average Bonchev–Trinajstić information content (AvgIpc) is 2.79. The third-order valence-electron chi connectivity index (χ3n) is 5.31. The molecule has 1 aliphatic heterocycles. The van der Waals surface area contributed by atoms with Gasteiger partial charge < -0.3 is 10.2 Å². The van der Waals surface area contributed by atoms with E-state index in [4.69, 9.17) is 0 Å². The Hall–Kier alpha value is -3.28. The molecule has 2 aromatic heterocycles. The molecule has 0 radical (unpaired) electrons. The molecule has 3 heterocycles. The molecule has 4 rings (SSSR count). The predicted molar refractivity (Wildman–Crippen MR) is 113 cm³/mol. The van der Waals surface area contributed by atoms with E-state index in [-0.39, 0.29) is 11.8 Å². The van der Waals surface area contributed by atoms with Crippen molar-refractivity contribution >= 4 is 11.7 Å². The topological polar surface area (TPSA) is 71.0 Å². The van der Waals surface area contributed by atoms with Crippen LogP contribution in [0.3, 0.4) is 0 Å². The zero-order valence-electron chi connectivity index (χ0n) is 16.6. The largest absolute Gasteiger partial charge is 0.354 e. The maximum atomic E-state index is 12.7. The van der Waals surface area contributed by atoms with E-state index in [1.165, 1.54) is 5.56 Å². The van der Waals surface area contributed by atoms with Crippen LogP contribution in [0.15, 0.2) is 60.9 Å². The van der Waals surface area contributed by atoms with E-state index in [0.717, 1.165) is 42.0 Å². The molecule has 1 aliphatic rings. The fourth-order valence-corrected chi connectivity index (χ4v) is 3.60. The van der Waals surface area contributed by atoms with Gasteiger partial charge in [-0.25, -0.2) is 0 Å². The summed E-state index contributed by atoms with van der Waals surface area (Å²) < 4.78 is 0. The van der Waals surface area contributed by atoms with Gasteiger partial charge in [0.1, 0.15) is 0 Å². The Kier molecular flexibility index (Phi) is 5.79. The van der Waals surface area contributed by atoms with Crippen LogP contribution in [0.5, 0.6) is 0 Å². The van der Waals surface area contributed by atoms with Gasteiger partial charge in [-0.05, 0) is 49.6 Å². The quantitative estimate of drug-likeness (QED) is 0.727. The summed E-state index contributed by atoms with van der Waals surface area (Å²) in [6.07, 6.45) is 5.38. The van der Waals surface area contributed by atoms with Gasteiger partial charge in [0.2, 0.25) is 5.91 Å². The molecule has 1 unspecified atom stereocenters. The van der Waals surface area contributed by atoms with Gasteiger partial charge >= 0.3 is 0 Å². The number of carbonyl (C=O) groups excluding carboxylic acids is 1. The molecule has 6 heteroatoms. The highest BCUT2D eigenvalue weighted by Gasteiger charge is 2.26. The third kappa shape index (κ3) is 4.77. The maximum Gasteiger partial charge on any atom is 0.225 e. The number of nitrogens with one attached hydrogen (secondary N) is 1. The van der Waals surface area contributed by atoms with Crippen molar-refractivity contribution in [3.63, 3.8) is 0 Å². The summed E-state index contributed by atoms with van der Waals surface area (Å²) in [5.74, 6) is 0.887. The van der Waals surface area contributed by atoms with Gasteiger partial charge in [-0.3, -0.25) is 9.78 Å². The zero-order valence-corrected chi connectivity index (χ0v) is 16.6. The average molecular weight is 387 g/mol. The minimum Gasteiger partial charge on any atom is -0.354 e. The SMILES string of the molecule is Cc1ccc(CNC(=O)C2CCCN(c3ccc(-c4cccnc4)nn3)C2)cc1. The number of piperidine rings is 1. The van der Waals surface area contributed by atoms with Crippen LogP contribution in [0, 0.1) is 12.8 Å². The lowest BCUT2D eigenvalue weighted by Gasteiger charge is -2.32. The summed E-state index contributed by atoms with van der Waals surface area (Å²) in [5.41, 5.74) is 4.08. The summed E-state index contributed by atoms with van der Waals surface area (Å²) in [5, 5.41) is 11.8. The Morgan fingerprint density at radius 3 is 2.72 bits per heavy atom. The number of pyridine rings is 1. The first kappa shape index (κ1) is 19.1. The standard InChI is InChI=1S/C23H25N5O/c1-17-6-8-18(9-7-17)14-25-23(29)20-5-3-13-28(16-20)22-11-10-21(26-27-22)19-4-2-12-24-15-19/h2,4,6-12,15,20H,3,5,13-14,16H2,1H3,(H,25,29). The van der Waals surface area contributed by atoms with E-state index >= 15 is 0 Å². The number of carbonyl (C=O) groups is 1. The molecular formula is C23H25N5O. The Morgan fingerprint density at radius 1 is 1.14 bits per heavy atom. The summed E-state index contributed by atoms with van der Waals surface area (Å²) >= 11 is 0. The molecule has 0 bridgehead atoms. The van der Waals surface area contributed by atoms with Crippen LogP contribution >= 0.6 is 0 Å². The van der Waals surface area contributed by atoms with Crippen LogP contribution in [0.1, 0.15) is 24.0 Å². The second-order valence-electron chi connectivity index (χ2n) is 7.51. The highest BCUT2D eigenvalue weighted by molar-refractivity contribution is 5.79. The van der Waals surface area contributed by atoms with Crippen LogP contribution < -0.4 is 10.2 Å². The molecule has 1 atom stereocenters. The molecule has 29 heavy (non-hydrogen) atoms. The zero-order chi connectivity index (χ0) is 20.1. The van der Waals surface area contributed by atoms with Gasteiger partial charge in [0, 0.05) is 37.6 Å². The number of hydrogen-bond acceptors (Lipinski definition) is 5. The number of benzene rings is 1. The molecule has 1 aromatic carbocycles. The van der Waals surface area contributed by atoms with Gasteiger partial charge in [-0.1, -0.05) is 29.8 Å². The summed E-state index contributed by atoms with van der Waals surface area (Å²) in [7, 11) is 0. The van der Waals surface area contributed by atoms with Gasteiger partial charge in [0.25, 0.3) is 0 Å². The monoisotopic (exact) mass is 387 g/mol. The Balaban J connectivity index is 1.36. The van der Waals surface area contributed by atoms with Crippen LogP contribution in [0.2, 0.25) is 0 Å². The molecule has 1 saturated heterocycles. The second-order valence-corrected chi connectivity index (χ2v) is 7.51. The first-order valence-electron chi connectivity index (χ1n) is 10.0. The molecule has 148 valence electrons. The summed E-state index contributed by atoms with van der Waals surface area (Å²) in [4.78, 5) is 18.9. The first-order chi connectivity index (χ1) is 14.2. The van der Waals surface area contributed by atoms with E-state index in [2.05, 4.69) is 56.6 Å². The van der Waals surface area contributed by atoms with Crippen molar-refractivity contribution in [3.05, 3.63) is 72.1 Å². The van der Waals surface area contributed by atoms with Crippen molar-refractivity contribution in [2.75, 3.05) is 18.0 Å². The number of anilines is 1. The molecule has 1 N–H and O–H groups in total. The van der Waals surface area contributed by atoms with Crippen LogP contribution in [0.25, 0.3) is 11.3 Å². The lowest BCUT2D eigenvalue weighted by atomic mass is 9.97. The van der Waals surface area contributed by atoms with Crippen molar-refractivity contribution in [2.24, 2.45) is 5.92 Å². The number of nitrogens with zero attached hydrogens (tertiary/aromatic N) is 4. The first-order valence-corrected chi connectivity index (χ1v) is 10.0. The van der Waals surface area contributed by atoms with E-state index in [9.17, 15) is 4.79 Å². The molecular weight excluding hydrogens is 362 g/mol. The fraction of sp³-hybridized carbons (Fsp3) is 0.304. The Labute approximate surface area is 171 Å². The minimum absolute atomic E-state index is 0.0333. The fourth-order valence-electron chi connectivity index (χ4n) is 3.60. The lowest BCUT2D eigenvalue weighted by Crippen LogP contribution is -2.43. The molecule has 0 saturated carbocycles.